The number of halogens is 2. The molecule has 0 amide bonds. The first-order valence-corrected chi connectivity index (χ1v) is 15.3. The molecule has 1 atom stereocenters. The number of rotatable bonds is 9. The van der Waals surface area contributed by atoms with E-state index >= 15 is 0 Å². The fourth-order valence-corrected chi connectivity index (χ4v) is 6.63. The number of benzene rings is 2. The Labute approximate surface area is 267 Å². The van der Waals surface area contributed by atoms with Crippen molar-refractivity contribution >= 4 is 56.6 Å². The van der Waals surface area contributed by atoms with Gasteiger partial charge in [0.1, 0.15) is 11.5 Å². The summed E-state index contributed by atoms with van der Waals surface area (Å²) < 4.78 is 25.0. The number of ether oxygens (including phenoxy) is 3. The van der Waals surface area contributed by atoms with Crippen LogP contribution in [0.25, 0.3) is 17.4 Å². The molecule has 0 saturated carbocycles. The van der Waals surface area contributed by atoms with Crippen LogP contribution in [0, 0.1) is 10.1 Å². The first-order chi connectivity index (χ1) is 21.1. The maximum atomic E-state index is 14.0. The molecule has 1 aliphatic heterocycles. The van der Waals surface area contributed by atoms with Crippen LogP contribution in [0.15, 0.2) is 72.4 Å². The Bertz CT molecular complexity index is 2010. The van der Waals surface area contributed by atoms with E-state index in [2.05, 4.69) is 20.9 Å². The largest absolute Gasteiger partial charge is 0.493 e. The molecule has 5 rings (SSSR count). The van der Waals surface area contributed by atoms with Crippen LogP contribution in [0.1, 0.15) is 38.1 Å². The molecular formula is C30H25BrClN3O8S. The number of furan rings is 1. The molecule has 44 heavy (non-hydrogen) atoms. The lowest BCUT2D eigenvalue weighted by Crippen LogP contribution is -2.40. The van der Waals surface area contributed by atoms with Crippen LogP contribution in [0.4, 0.5) is 5.69 Å². The SMILES string of the molecule is CCOC(=O)C1=C(C)N=c2s/c(=C/c3ccc(-c4ccc([N+](=O)[O-])cc4Cl)o3)c(=O)n2[C@H]1c1cc(OC)c(OCC)cc1Br. The molecule has 0 bridgehead atoms. The Morgan fingerprint density at radius 3 is 2.64 bits per heavy atom. The number of aromatic nitrogens is 1. The maximum Gasteiger partial charge on any atom is 0.338 e. The van der Waals surface area contributed by atoms with Crippen molar-refractivity contribution in [2.45, 2.75) is 26.8 Å². The van der Waals surface area contributed by atoms with E-state index in [9.17, 15) is 19.7 Å². The van der Waals surface area contributed by atoms with Crippen LogP contribution in [0.2, 0.25) is 5.02 Å². The summed E-state index contributed by atoms with van der Waals surface area (Å²) in [5.74, 6) is 1.05. The molecule has 11 nitrogen and oxygen atoms in total. The smallest absolute Gasteiger partial charge is 0.338 e. The second-order valence-electron chi connectivity index (χ2n) is 9.38. The summed E-state index contributed by atoms with van der Waals surface area (Å²) in [5.41, 5.74) is 1.11. The van der Waals surface area contributed by atoms with E-state index in [0.29, 0.717) is 60.3 Å². The number of methoxy groups -OCH3 is 1. The van der Waals surface area contributed by atoms with Gasteiger partial charge in [-0.15, -0.1) is 0 Å². The van der Waals surface area contributed by atoms with Gasteiger partial charge in [0.2, 0.25) is 0 Å². The Morgan fingerprint density at radius 2 is 1.98 bits per heavy atom. The summed E-state index contributed by atoms with van der Waals surface area (Å²) in [7, 11) is 1.51. The Hall–Kier alpha value is -4.20. The second kappa shape index (κ2) is 12.8. The minimum atomic E-state index is -0.891. The van der Waals surface area contributed by atoms with Crippen molar-refractivity contribution in [3.63, 3.8) is 0 Å². The standard InChI is InChI=1S/C30H25BrClN3O8S/c1-5-41-24-14-20(31)19(13-23(24)40-4)27-26(29(37)42-6-2)15(3)33-30-34(27)28(36)25(44-30)12-17-8-10-22(43-17)18-9-7-16(35(38)39)11-21(18)32/h7-14,27H,5-6H2,1-4H3/b25-12+/t27-/m0/s1. The average Bonchev–Trinajstić information content (AvgIpc) is 3.56. The number of nitro benzene ring substituents is 1. The molecule has 0 radical (unpaired) electrons. The first-order valence-electron chi connectivity index (χ1n) is 13.3. The van der Waals surface area contributed by atoms with E-state index in [0.717, 1.165) is 11.3 Å². The summed E-state index contributed by atoms with van der Waals surface area (Å²) in [6.45, 7) is 5.81. The monoisotopic (exact) mass is 701 g/mol. The van der Waals surface area contributed by atoms with Gasteiger partial charge in [-0.25, -0.2) is 9.79 Å². The number of hydrogen-bond donors (Lipinski definition) is 0. The van der Waals surface area contributed by atoms with Crippen LogP contribution >= 0.6 is 38.9 Å². The van der Waals surface area contributed by atoms with Crippen molar-refractivity contribution in [2.24, 2.45) is 4.99 Å². The van der Waals surface area contributed by atoms with Gasteiger partial charge >= 0.3 is 5.97 Å². The van der Waals surface area contributed by atoms with Gasteiger partial charge in [-0.2, -0.15) is 0 Å². The number of esters is 1. The van der Waals surface area contributed by atoms with Crippen molar-refractivity contribution < 1.29 is 28.3 Å². The number of nitro groups is 1. The van der Waals surface area contributed by atoms with Gasteiger partial charge < -0.3 is 18.6 Å². The fraction of sp³-hybridized carbons (Fsp3) is 0.233. The normalized spacial score (nSPS) is 14.7. The van der Waals surface area contributed by atoms with Crippen molar-refractivity contribution in [3.8, 4) is 22.8 Å². The molecule has 0 aliphatic carbocycles. The van der Waals surface area contributed by atoms with Gasteiger partial charge in [-0.3, -0.25) is 19.5 Å². The summed E-state index contributed by atoms with van der Waals surface area (Å²) in [6, 6.07) is 9.96. The highest BCUT2D eigenvalue weighted by Crippen LogP contribution is 2.41. The van der Waals surface area contributed by atoms with Gasteiger partial charge in [0.25, 0.3) is 11.2 Å². The summed E-state index contributed by atoms with van der Waals surface area (Å²) in [5, 5.41) is 11.2. The van der Waals surface area contributed by atoms with Crippen LogP contribution in [0.3, 0.4) is 0 Å². The predicted octanol–water partition coefficient (Wildman–Crippen LogP) is 5.79. The third-order valence-electron chi connectivity index (χ3n) is 6.72. The lowest BCUT2D eigenvalue weighted by molar-refractivity contribution is -0.384. The Kier molecular flexibility index (Phi) is 9.09. The summed E-state index contributed by atoms with van der Waals surface area (Å²) in [6.07, 6.45) is 1.57. The number of carbonyl (C=O) groups excluding carboxylic acids is 1. The zero-order valence-electron chi connectivity index (χ0n) is 23.9. The molecule has 4 aromatic rings. The molecule has 228 valence electrons. The lowest BCUT2D eigenvalue weighted by Gasteiger charge is -2.26. The zero-order valence-corrected chi connectivity index (χ0v) is 27.0. The van der Waals surface area contributed by atoms with E-state index in [4.69, 9.17) is 30.2 Å². The first kappa shape index (κ1) is 31.2. The number of carbonyl (C=O) groups is 1. The van der Waals surface area contributed by atoms with Gasteiger partial charge in [0, 0.05) is 28.2 Å². The molecular weight excluding hydrogens is 678 g/mol. The van der Waals surface area contributed by atoms with E-state index in [1.165, 1.54) is 29.9 Å². The molecule has 14 heteroatoms. The minimum absolute atomic E-state index is 0.139. The zero-order chi connectivity index (χ0) is 31.7. The molecule has 0 saturated heterocycles. The molecule has 0 N–H and O–H groups in total. The Morgan fingerprint density at radius 1 is 1.20 bits per heavy atom. The molecule has 2 aromatic heterocycles. The van der Waals surface area contributed by atoms with Crippen molar-refractivity contribution in [1.82, 2.24) is 4.57 Å². The van der Waals surface area contributed by atoms with Crippen molar-refractivity contribution in [1.29, 1.82) is 0 Å². The summed E-state index contributed by atoms with van der Waals surface area (Å²) in [4.78, 5) is 42.8. The van der Waals surface area contributed by atoms with Crippen LogP contribution < -0.4 is 24.4 Å². The second-order valence-corrected chi connectivity index (χ2v) is 11.7. The molecule has 0 spiro atoms. The van der Waals surface area contributed by atoms with E-state index in [1.807, 2.05) is 6.92 Å². The number of allylic oxidation sites excluding steroid dienone is 1. The number of non-ortho nitro benzene ring substituents is 1. The summed E-state index contributed by atoms with van der Waals surface area (Å²) >= 11 is 11.0. The van der Waals surface area contributed by atoms with Gasteiger partial charge in [0.15, 0.2) is 16.3 Å². The van der Waals surface area contributed by atoms with Gasteiger partial charge in [-0.1, -0.05) is 38.9 Å². The minimum Gasteiger partial charge on any atom is -0.493 e. The predicted molar refractivity (Wildman–Crippen MR) is 168 cm³/mol. The van der Waals surface area contributed by atoms with E-state index < -0.39 is 22.5 Å². The third kappa shape index (κ3) is 5.82. The van der Waals surface area contributed by atoms with Crippen molar-refractivity contribution in [3.05, 3.63) is 104 Å². The third-order valence-corrected chi connectivity index (χ3v) is 8.71. The highest BCUT2D eigenvalue weighted by atomic mass is 79.9. The number of thiazole rings is 1. The molecule has 2 aromatic carbocycles. The molecule has 3 heterocycles. The topological polar surface area (TPSA) is 135 Å². The number of hydrogen-bond acceptors (Lipinski definition) is 10. The number of fused-ring (bicyclic) bond motifs is 1. The maximum absolute atomic E-state index is 14.0. The van der Waals surface area contributed by atoms with Crippen LogP contribution in [-0.4, -0.2) is 35.8 Å². The van der Waals surface area contributed by atoms with Crippen LogP contribution in [0.5, 0.6) is 11.5 Å². The Balaban J connectivity index is 1.65. The average molecular weight is 703 g/mol. The molecule has 0 unspecified atom stereocenters. The van der Waals surface area contributed by atoms with Gasteiger partial charge in [-0.05, 0) is 56.7 Å². The van der Waals surface area contributed by atoms with E-state index in [1.54, 1.807) is 44.2 Å². The number of nitrogens with zero attached hydrogens (tertiary/aromatic N) is 3. The molecule has 1 aliphatic rings. The fourth-order valence-electron chi connectivity index (χ4n) is 4.80. The van der Waals surface area contributed by atoms with E-state index in [-0.39, 0.29) is 22.9 Å². The van der Waals surface area contributed by atoms with Gasteiger partial charge in [0.05, 0.1) is 52.1 Å². The van der Waals surface area contributed by atoms with Crippen LogP contribution in [-0.2, 0) is 9.53 Å². The lowest BCUT2D eigenvalue weighted by atomic mass is 9.95. The highest BCUT2D eigenvalue weighted by Gasteiger charge is 2.35. The quantitative estimate of drug-likeness (QED) is 0.122. The highest BCUT2D eigenvalue weighted by molar-refractivity contribution is 9.10. The van der Waals surface area contributed by atoms with Crippen molar-refractivity contribution in [2.75, 3.05) is 20.3 Å². The molecule has 0 fully saturated rings.